The molecule has 24 heavy (non-hydrogen) atoms. The predicted octanol–water partition coefficient (Wildman–Crippen LogP) is -0.468. The van der Waals surface area contributed by atoms with Gasteiger partial charge >= 0.3 is 11.6 Å². The molecule has 0 bridgehead atoms. The highest BCUT2D eigenvalue weighted by molar-refractivity contribution is 6.02. The minimum absolute atomic E-state index is 0.0531. The van der Waals surface area contributed by atoms with Crippen molar-refractivity contribution in [1.29, 1.82) is 0 Å². The number of hydrogen-bond acceptors (Lipinski definition) is 7. The molecule has 2 heterocycles. The molecule has 0 aliphatic rings. The van der Waals surface area contributed by atoms with Crippen LogP contribution < -0.4 is 15.4 Å². The van der Waals surface area contributed by atoms with Gasteiger partial charge in [-0.1, -0.05) is 0 Å². The summed E-state index contributed by atoms with van der Waals surface area (Å²) >= 11 is 0. The van der Waals surface area contributed by atoms with Gasteiger partial charge in [-0.25, -0.2) is 0 Å². The Kier molecular flexibility index (Phi) is 4.77. The topological polar surface area (TPSA) is 146 Å². The Morgan fingerprint density at radius 1 is 1.38 bits per heavy atom. The van der Waals surface area contributed by atoms with Crippen molar-refractivity contribution in [1.82, 2.24) is 24.9 Å². The molecule has 0 unspecified atom stereocenters. The van der Waals surface area contributed by atoms with E-state index in [9.17, 15) is 19.7 Å². The summed E-state index contributed by atoms with van der Waals surface area (Å²) in [5, 5.41) is 23.5. The van der Waals surface area contributed by atoms with Crippen molar-refractivity contribution in [2.45, 2.75) is 6.54 Å². The number of aromatic nitrogens is 4. The van der Waals surface area contributed by atoms with Gasteiger partial charge in [0.15, 0.2) is 5.69 Å². The normalized spacial score (nSPS) is 10.3. The average molecular weight is 337 g/mol. The summed E-state index contributed by atoms with van der Waals surface area (Å²) in [6, 6.07) is 0. The van der Waals surface area contributed by atoms with Gasteiger partial charge in [0.05, 0.1) is 17.7 Å². The Hall–Kier alpha value is -3.44. The highest BCUT2D eigenvalue weighted by atomic mass is 16.6. The summed E-state index contributed by atoms with van der Waals surface area (Å²) < 4.78 is 7.23. The largest absolute Gasteiger partial charge is 0.475 e. The highest BCUT2D eigenvalue weighted by Crippen LogP contribution is 2.23. The van der Waals surface area contributed by atoms with Crippen LogP contribution in [0.25, 0.3) is 0 Å². The standard InChI is InChI=1S/C12H15N7O5/c1-13-11(21)10-7(4-17(2)15-10)14-9(20)6-18-5-8(19(22)23)12(16-18)24-3/h4-5H,6H2,1-3H3,(H,13,21)(H,14,20). The molecule has 2 aromatic heterocycles. The van der Waals surface area contributed by atoms with Crippen LogP contribution in [0, 0.1) is 10.1 Å². The third kappa shape index (κ3) is 3.48. The fraction of sp³-hybridized carbons (Fsp3) is 0.333. The SMILES string of the molecule is CNC(=O)c1nn(C)cc1NC(=O)Cn1cc([N+](=O)[O-])c(OC)n1. The maximum absolute atomic E-state index is 12.1. The second-order valence-electron chi connectivity index (χ2n) is 4.67. The van der Waals surface area contributed by atoms with Gasteiger partial charge < -0.3 is 15.4 Å². The summed E-state index contributed by atoms with van der Waals surface area (Å²) in [6.07, 6.45) is 2.55. The smallest absolute Gasteiger partial charge is 0.350 e. The van der Waals surface area contributed by atoms with Crippen LogP contribution in [0.4, 0.5) is 11.4 Å². The number of hydrogen-bond donors (Lipinski definition) is 2. The number of carbonyl (C=O) groups excluding carboxylic acids is 2. The number of ether oxygens (including phenoxy) is 1. The maximum Gasteiger partial charge on any atom is 0.350 e. The minimum Gasteiger partial charge on any atom is -0.475 e. The molecular formula is C12H15N7O5. The van der Waals surface area contributed by atoms with Gasteiger partial charge in [0.25, 0.3) is 5.91 Å². The number of carbonyl (C=O) groups is 2. The Bertz CT molecular complexity index is 794. The van der Waals surface area contributed by atoms with E-state index in [1.807, 2.05) is 0 Å². The lowest BCUT2D eigenvalue weighted by molar-refractivity contribution is -0.385. The number of anilines is 1. The second kappa shape index (κ2) is 6.76. The summed E-state index contributed by atoms with van der Waals surface area (Å²) in [5.41, 5.74) is -0.0782. The third-order valence-electron chi connectivity index (χ3n) is 2.95. The van der Waals surface area contributed by atoms with E-state index in [-0.39, 0.29) is 29.5 Å². The molecule has 0 aromatic carbocycles. The molecule has 0 saturated carbocycles. The first-order chi connectivity index (χ1) is 11.3. The Balaban J connectivity index is 2.14. The Labute approximate surface area is 135 Å². The summed E-state index contributed by atoms with van der Waals surface area (Å²) in [5.74, 6) is -1.18. The molecule has 2 aromatic rings. The molecular weight excluding hydrogens is 322 g/mol. The van der Waals surface area contributed by atoms with Crippen LogP contribution in [0.3, 0.4) is 0 Å². The summed E-state index contributed by atoms with van der Waals surface area (Å²) in [4.78, 5) is 34.0. The van der Waals surface area contributed by atoms with Gasteiger partial charge in [-0.2, -0.15) is 5.10 Å². The highest BCUT2D eigenvalue weighted by Gasteiger charge is 2.22. The van der Waals surface area contributed by atoms with Crippen LogP contribution in [0.1, 0.15) is 10.5 Å². The molecule has 0 spiro atoms. The third-order valence-corrected chi connectivity index (χ3v) is 2.95. The van der Waals surface area contributed by atoms with Crippen molar-refractivity contribution >= 4 is 23.2 Å². The van der Waals surface area contributed by atoms with E-state index in [1.165, 1.54) is 25.0 Å². The number of methoxy groups -OCH3 is 1. The van der Waals surface area contributed by atoms with Gasteiger partial charge in [0, 0.05) is 20.3 Å². The summed E-state index contributed by atoms with van der Waals surface area (Å²) in [7, 11) is 4.28. The molecule has 0 saturated heterocycles. The molecule has 0 fully saturated rings. The van der Waals surface area contributed by atoms with Crippen molar-refractivity contribution in [3.63, 3.8) is 0 Å². The van der Waals surface area contributed by atoms with Crippen LogP contribution in [-0.2, 0) is 18.4 Å². The predicted molar refractivity (Wildman–Crippen MR) is 80.7 cm³/mol. The molecule has 2 N–H and O–H groups in total. The van der Waals surface area contributed by atoms with Crippen LogP contribution >= 0.6 is 0 Å². The number of amides is 2. The monoisotopic (exact) mass is 337 g/mol. The fourth-order valence-corrected chi connectivity index (χ4v) is 1.95. The van der Waals surface area contributed by atoms with Gasteiger partial charge in [0.2, 0.25) is 5.91 Å². The zero-order valence-electron chi connectivity index (χ0n) is 13.1. The molecule has 0 aliphatic heterocycles. The van der Waals surface area contributed by atoms with E-state index in [4.69, 9.17) is 4.74 Å². The van der Waals surface area contributed by atoms with E-state index in [2.05, 4.69) is 20.8 Å². The first-order valence-corrected chi connectivity index (χ1v) is 6.67. The second-order valence-corrected chi connectivity index (χ2v) is 4.67. The lowest BCUT2D eigenvalue weighted by Crippen LogP contribution is -2.23. The Morgan fingerprint density at radius 3 is 2.62 bits per heavy atom. The van der Waals surface area contributed by atoms with Gasteiger partial charge in [-0.15, -0.1) is 5.10 Å². The molecule has 0 atom stereocenters. The minimum atomic E-state index is -0.662. The van der Waals surface area contributed by atoms with Crippen molar-refractivity contribution in [3.05, 3.63) is 28.2 Å². The lowest BCUT2D eigenvalue weighted by Gasteiger charge is -2.04. The zero-order chi connectivity index (χ0) is 17.9. The first-order valence-electron chi connectivity index (χ1n) is 6.67. The number of rotatable bonds is 6. The van der Waals surface area contributed by atoms with Gasteiger partial charge in [0.1, 0.15) is 12.7 Å². The van der Waals surface area contributed by atoms with E-state index in [0.29, 0.717) is 0 Å². The van der Waals surface area contributed by atoms with Gasteiger partial charge in [-0.3, -0.25) is 29.1 Å². The number of nitrogens with one attached hydrogen (secondary N) is 2. The molecule has 12 heteroatoms. The Morgan fingerprint density at radius 2 is 2.08 bits per heavy atom. The lowest BCUT2D eigenvalue weighted by atomic mass is 10.3. The number of aryl methyl sites for hydroxylation is 1. The number of nitro groups is 1. The quantitative estimate of drug-likeness (QED) is 0.535. The van der Waals surface area contributed by atoms with Crippen molar-refractivity contribution in [3.8, 4) is 5.88 Å². The van der Waals surface area contributed by atoms with Crippen LogP contribution in [0.15, 0.2) is 12.4 Å². The van der Waals surface area contributed by atoms with E-state index in [0.717, 1.165) is 10.9 Å². The van der Waals surface area contributed by atoms with Crippen LogP contribution in [0.2, 0.25) is 0 Å². The zero-order valence-corrected chi connectivity index (χ0v) is 13.1. The molecule has 128 valence electrons. The summed E-state index contributed by atoms with van der Waals surface area (Å²) in [6.45, 7) is -0.299. The molecule has 0 aliphatic carbocycles. The van der Waals surface area contributed by atoms with Crippen LogP contribution in [-0.4, -0.2) is 50.5 Å². The molecule has 12 nitrogen and oxygen atoms in total. The molecule has 2 rings (SSSR count). The van der Waals surface area contributed by atoms with Gasteiger partial charge in [-0.05, 0) is 0 Å². The van der Waals surface area contributed by atoms with Crippen LogP contribution in [0.5, 0.6) is 5.88 Å². The number of nitrogens with zero attached hydrogens (tertiary/aromatic N) is 5. The molecule has 2 amide bonds. The van der Waals surface area contributed by atoms with Crippen molar-refractivity contribution < 1.29 is 19.2 Å². The van der Waals surface area contributed by atoms with E-state index < -0.39 is 16.7 Å². The molecule has 0 radical (unpaired) electrons. The maximum atomic E-state index is 12.1. The fourth-order valence-electron chi connectivity index (χ4n) is 1.95. The average Bonchev–Trinajstić information content (AvgIpc) is 3.09. The van der Waals surface area contributed by atoms with Crippen molar-refractivity contribution in [2.24, 2.45) is 7.05 Å². The van der Waals surface area contributed by atoms with E-state index in [1.54, 1.807) is 7.05 Å². The first kappa shape index (κ1) is 16.9. The van der Waals surface area contributed by atoms with Crippen molar-refractivity contribution in [2.75, 3.05) is 19.5 Å². The van der Waals surface area contributed by atoms with E-state index >= 15 is 0 Å².